The predicted molar refractivity (Wildman–Crippen MR) is 65.6 cm³/mol. The van der Waals surface area contributed by atoms with Gasteiger partial charge in [-0.15, -0.1) is 11.8 Å². The van der Waals surface area contributed by atoms with Gasteiger partial charge in [0, 0.05) is 12.1 Å². The number of aromatic nitrogens is 1. The maximum Gasteiger partial charge on any atom is 0.0965 e. The van der Waals surface area contributed by atoms with Crippen LogP contribution in [0.5, 0.6) is 0 Å². The maximum absolute atomic E-state index is 7.10. The highest BCUT2D eigenvalue weighted by molar-refractivity contribution is 7.99. The molecule has 0 fully saturated rings. The minimum absolute atomic E-state index is 0.268. The van der Waals surface area contributed by atoms with Crippen LogP contribution in [0.1, 0.15) is 24.1 Å². The summed E-state index contributed by atoms with van der Waals surface area (Å²) in [4.78, 5) is 4.43. The molecule has 15 heavy (non-hydrogen) atoms. The normalized spacial score (nSPS) is 10.3. The lowest BCUT2D eigenvalue weighted by Crippen LogP contribution is -2.08. The molecule has 0 aliphatic heterocycles. The van der Waals surface area contributed by atoms with Gasteiger partial charge in [-0.1, -0.05) is 0 Å². The van der Waals surface area contributed by atoms with E-state index in [9.17, 15) is 0 Å². The van der Waals surface area contributed by atoms with E-state index in [-0.39, 0.29) is 5.84 Å². The zero-order valence-corrected chi connectivity index (χ0v) is 10.0. The topological polar surface area (TPSA) is 62.8 Å². The number of hydrogen-bond acceptors (Lipinski definition) is 3. The molecular weight excluding hydrogens is 206 g/mol. The van der Waals surface area contributed by atoms with E-state index >= 15 is 0 Å². The molecule has 0 saturated heterocycles. The fourth-order valence-corrected chi connectivity index (χ4v) is 2.29. The second-order valence-electron chi connectivity index (χ2n) is 3.60. The van der Waals surface area contributed by atoms with Crippen molar-refractivity contribution in [3.8, 4) is 0 Å². The largest absolute Gasteiger partial charge is 0.388 e. The van der Waals surface area contributed by atoms with Gasteiger partial charge in [0.2, 0.25) is 0 Å². The molecule has 4 heteroatoms. The molecular formula is C11H17N3S. The molecule has 0 amide bonds. The first kappa shape index (κ1) is 12.0. The molecule has 0 aliphatic rings. The van der Waals surface area contributed by atoms with Gasteiger partial charge in [-0.2, -0.15) is 0 Å². The molecule has 0 radical (unpaired) electrons. The first-order valence-electron chi connectivity index (χ1n) is 4.99. The second-order valence-corrected chi connectivity index (χ2v) is 4.72. The van der Waals surface area contributed by atoms with Crippen LogP contribution in [0, 0.1) is 19.3 Å². The molecule has 0 bridgehead atoms. The molecule has 1 aromatic heterocycles. The Balaban J connectivity index is 2.40. The molecule has 1 heterocycles. The zero-order valence-electron chi connectivity index (χ0n) is 9.21. The van der Waals surface area contributed by atoms with Gasteiger partial charge in [0.05, 0.1) is 10.9 Å². The number of amidine groups is 1. The average molecular weight is 223 g/mol. The minimum Gasteiger partial charge on any atom is -0.388 e. The second kappa shape index (κ2) is 5.75. The van der Waals surface area contributed by atoms with Gasteiger partial charge in [-0.05, 0) is 43.7 Å². The summed E-state index contributed by atoms with van der Waals surface area (Å²) in [6.45, 7) is 4.08. The van der Waals surface area contributed by atoms with E-state index in [1.807, 2.05) is 6.92 Å². The highest BCUT2D eigenvalue weighted by Gasteiger charge is 1.99. The van der Waals surface area contributed by atoms with E-state index in [2.05, 4.69) is 24.0 Å². The van der Waals surface area contributed by atoms with Crippen LogP contribution < -0.4 is 5.73 Å². The Hall–Kier alpha value is -1.03. The van der Waals surface area contributed by atoms with Gasteiger partial charge in [0.15, 0.2) is 0 Å². The van der Waals surface area contributed by atoms with Gasteiger partial charge in [-0.25, -0.2) is 4.98 Å². The van der Waals surface area contributed by atoms with Crippen LogP contribution in [0.3, 0.4) is 0 Å². The highest BCUT2D eigenvalue weighted by Crippen LogP contribution is 2.18. The highest BCUT2D eigenvalue weighted by atomic mass is 32.2. The van der Waals surface area contributed by atoms with Crippen LogP contribution >= 0.6 is 11.8 Å². The lowest BCUT2D eigenvalue weighted by Gasteiger charge is -2.03. The van der Waals surface area contributed by atoms with Crippen LogP contribution in [-0.2, 0) is 0 Å². The molecule has 0 atom stereocenters. The summed E-state index contributed by atoms with van der Waals surface area (Å²) in [5.41, 5.74) is 7.58. The third-order valence-electron chi connectivity index (χ3n) is 1.91. The first-order valence-corrected chi connectivity index (χ1v) is 5.97. The van der Waals surface area contributed by atoms with Gasteiger partial charge in [0.1, 0.15) is 0 Å². The SMILES string of the molecule is Cc1cc(C)nc(SCCCC(=N)N)c1. The predicted octanol–water partition coefficient (Wildman–Crippen LogP) is 2.51. The van der Waals surface area contributed by atoms with Crippen molar-refractivity contribution in [2.24, 2.45) is 5.73 Å². The Bertz CT molecular complexity index is 329. The third kappa shape index (κ3) is 4.83. The van der Waals surface area contributed by atoms with E-state index < -0.39 is 0 Å². The van der Waals surface area contributed by atoms with Crippen molar-refractivity contribution in [1.29, 1.82) is 5.41 Å². The number of nitrogens with two attached hydrogens (primary N) is 1. The van der Waals surface area contributed by atoms with Crippen molar-refractivity contribution < 1.29 is 0 Å². The summed E-state index contributed by atoms with van der Waals surface area (Å²) >= 11 is 1.73. The number of rotatable bonds is 5. The molecule has 0 aliphatic carbocycles. The number of thioether (sulfide) groups is 1. The van der Waals surface area contributed by atoms with Gasteiger partial charge >= 0.3 is 0 Å². The number of nitrogens with zero attached hydrogens (tertiary/aromatic N) is 1. The molecule has 0 aromatic carbocycles. The number of hydrogen-bond donors (Lipinski definition) is 2. The summed E-state index contributed by atoms with van der Waals surface area (Å²) in [5, 5.41) is 8.16. The summed E-state index contributed by atoms with van der Waals surface area (Å²) in [7, 11) is 0. The first-order chi connectivity index (χ1) is 7.08. The van der Waals surface area contributed by atoms with Gasteiger partial charge in [0.25, 0.3) is 0 Å². The third-order valence-corrected chi connectivity index (χ3v) is 2.91. The van der Waals surface area contributed by atoms with Crippen molar-refractivity contribution in [2.75, 3.05) is 5.75 Å². The lowest BCUT2D eigenvalue weighted by molar-refractivity contribution is 0.979. The molecule has 1 rings (SSSR count). The van der Waals surface area contributed by atoms with E-state index in [1.54, 1.807) is 11.8 Å². The molecule has 0 unspecified atom stereocenters. The Labute approximate surface area is 95.0 Å². The Morgan fingerprint density at radius 1 is 1.47 bits per heavy atom. The molecule has 3 N–H and O–H groups in total. The molecule has 0 spiro atoms. The van der Waals surface area contributed by atoms with Crippen LogP contribution in [0.4, 0.5) is 0 Å². The van der Waals surface area contributed by atoms with E-state index in [0.717, 1.165) is 22.9 Å². The van der Waals surface area contributed by atoms with Crippen molar-refractivity contribution in [1.82, 2.24) is 4.98 Å². The molecule has 82 valence electrons. The van der Waals surface area contributed by atoms with E-state index in [4.69, 9.17) is 11.1 Å². The summed E-state index contributed by atoms with van der Waals surface area (Å²) in [6.07, 6.45) is 1.62. The lowest BCUT2D eigenvalue weighted by atomic mass is 10.3. The van der Waals surface area contributed by atoms with Gasteiger partial charge < -0.3 is 5.73 Å². The van der Waals surface area contributed by atoms with Gasteiger partial charge in [-0.3, -0.25) is 5.41 Å². The smallest absolute Gasteiger partial charge is 0.0965 e. The monoisotopic (exact) mass is 223 g/mol. The summed E-state index contributed by atoms with van der Waals surface area (Å²) in [6, 6.07) is 4.16. The Morgan fingerprint density at radius 3 is 2.80 bits per heavy atom. The number of nitrogens with one attached hydrogen (secondary N) is 1. The van der Waals surface area contributed by atoms with Crippen molar-refractivity contribution in [3.05, 3.63) is 23.4 Å². The maximum atomic E-state index is 7.10. The Kier molecular flexibility index (Phi) is 4.62. The zero-order chi connectivity index (χ0) is 11.3. The van der Waals surface area contributed by atoms with E-state index in [1.165, 1.54) is 5.56 Å². The van der Waals surface area contributed by atoms with E-state index in [0.29, 0.717) is 6.42 Å². The standard InChI is InChI=1S/C11H17N3S/c1-8-6-9(2)14-11(7-8)15-5-3-4-10(12)13/h6-7H,3-5H2,1-2H3,(H3,12,13). The van der Waals surface area contributed by atoms with Crippen molar-refractivity contribution in [3.63, 3.8) is 0 Å². The fraction of sp³-hybridized carbons (Fsp3) is 0.455. The summed E-state index contributed by atoms with van der Waals surface area (Å²) < 4.78 is 0. The van der Waals surface area contributed by atoms with Crippen LogP contribution in [0.15, 0.2) is 17.2 Å². The van der Waals surface area contributed by atoms with Crippen LogP contribution in [-0.4, -0.2) is 16.6 Å². The molecule has 3 nitrogen and oxygen atoms in total. The fourth-order valence-electron chi connectivity index (χ4n) is 1.32. The Morgan fingerprint density at radius 2 is 2.20 bits per heavy atom. The summed E-state index contributed by atoms with van der Waals surface area (Å²) in [5.74, 6) is 1.24. The van der Waals surface area contributed by atoms with Crippen molar-refractivity contribution in [2.45, 2.75) is 31.7 Å². The number of pyridine rings is 1. The average Bonchev–Trinajstić information content (AvgIpc) is 2.10. The minimum atomic E-state index is 0.268. The van der Waals surface area contributed by atoms with Crippen molar-refractivity contribution >= 4 is 17.6 Å². The molecule has 1 aromatic rings. The van der Waals surface area contributed by atoms with Crippen LogP contribution in [0.25, 0.3) is 0 Å². The molecule has 0 saturated carbocycles. The quantitative estimate of drug-likeness (QED) is 0.349. The van der Waals surface area contributed by atoms with Crippen LogP contribution in [0.2, 0.25) is 0 Å². The number of aryl methyl sites for hydroxylation is 2.